The van der Waals surface area contributed by atoms with E-state index >= 15 is 4.57 Å². The molecule has 2 heterocycles. The Labute approximate surface area is 246 Å². The first kappa shape index (κ1) is 31.7. The molecular weight excluding hydrogens is 537 g/mol. The summed E-state index contributed by atoms with van der Waals surface area (Å²) in [6.07, 6.45) is 12.9. The van der Waals surface area contributed by atoms with Crippen molar-refractivity contribution in [3.63, 3.8) is 0 Å². The zero-order valence-corrected chi connectivity index (χ0v) is 26.4. The zero-order valence-electron chi connectivity index (χ0n) is 25.5. The zero-order chi connectivity index (χ0) is 29.6. The van der Waals surface area contributed by atoms with E-state index < -0.39 is 19.4 Å². The lowest BCUT2D eigenvalue weighted by molar-refractivity contribution is -0.141. The molecule has 2 aliphatic rings. The van der Waals surface area contributed by atoms with Crippen LogP contribution in [0.15, 0.2) is 53.4 Å². The topological polar surface area (TPSA) is 87.9 Å². The summed E-state index contributed by atoms with van der Waals surface area (Å²) in [5.74, 6) is 0.965. The molecule has 7 atom stereocenters. The van der Waals surface area contributed by atoms with E-state index in [1.165, 1.54) is 18.4 Å². The molecule has 0 amide bonds. The molecule has 41 heavy (non-hydrogen) atoms. The maximum absolute atomic E-state index is 15.3. The molecule has 0 unspecified atom stereocenters. The second-order valence-corrected chi connectivity index (χ2v) is 14.8. The first-order valence-electron chi connectivity index (χ1n) is 15.3. The van der Waals surface area contributed by atoms with Crippen molar-refractivity contribution in [1.29, 1.82) is 0 Å². The third-order valence-corrected chi connectivity index (χ3v) is 11.3. The molecule has 0 spiro atoms. The molecule has 226 valence electrons. The smallest absolute Gasteiger partial charge is 0.376 e. The first-order chi connectivity index (χ1) is 19.6. The molecule has 0 radical (unpaired) electrons. The Kier molecular flexibility index (Phi) is 11.1. The van der Waals surface area contributed by atoms with Gasteiger partial charge in [-0.05, 0) is 98.3 Å². The number of pyridine rings is 1. The number of nitrogens with zero attached hydrogens (tertiary/aromatic N) is 1. The van der Waals surface area contributed by atoms with Crippen LogP contribution >= 0.6 is 7.60 Å². The molecule has 0 bridgehead atoms. The van der Waals surface area contributed by atoms with Gasteiger partial charge in [-0.1, -0.05) is 47.6 Å². The summed E-state index contributed by atoms with van der Waals surface area (Å²) >= 11 is 0. The van der Waals surface area contributed by atoms with Crippen LogP contribution in [0.1, 0.15) is 97.2 Å². The Bertz CT molecular complexity index is 1130. The van der Waals surface area contributed by atoms with E-state index in [4.69, 9.17) is 18.2 Å². The largest absolute Gasteiger partial charge is 0.465 e. The summed E-state index contributed by atoms with van der Waals surface area (Å²) in [7, 11) is -4.05. The van der Waals surface area contributed by atoms with E-state index in [1.807, 2.05) is 0 Å². The van der Waals surface area contributed by atoms with Crippen molar-refractivity contribution >= 4 is 19.6 Å². The number of carbonyl (C=O) groups excluding carboxylic acids is 1. The van der Waals surface area contributed by atoms with Crippen molar-refractivity contribution in [2.75, 3.05) is 0 Å². The second kappa shape index (κ2) is 14.3. The molecule has 7 nitrogen and oxygen atoms in total. The van der Waals surface area contributed by atoms with E-state index in [1.54, 1.807) is 36.7 Å². The van der Waals surface area contributed by atoms with Crippen molar-refractivity contribution < 1.29 is 27.6 Å². The van der Waals surface area contributed by atoms with Gasteiger partial charge in [-0.3, -0.25) is 9.55 Å². The first-order valence-corrected chi connectivity index (χ1v) is 17.0. The molecule has 2 aromatic heterocycles. The average Bonchev–Trinajstić information content (AvgIpc) is 3.47. The summed E-state index contributed by atoms with van der Waals surface area (Å²) in [5, 5.41) is 0. The standard InChI is InChI=1S/C33H48NO6P/c1-22(2)26-13-11-24(5)30(19-26)39-41(36,40-31-20-27(23(3)4)14-12-25(31)6)33(28-9-7-17-34-21-28)38-32(35)16-15-29-10-8-18-37-29/h7-10,15-18,21-27,30-31,33H,11-14,19-20H2,1-6H3/b16-15+/t24-,25-,26+,27+,30+,31+,33+/m0/s1. The molecule has 4 rings (SSSR count). The van der Waals surface area contributed by atoms with Crippen LogP contribution in [-0.4, -0.2) is 23.2 Å². The molecule has 0 N–H and O–H groups in total. The highest BCUT2D eigenvalue weighted by Gasteiger charge is 2.48. The predicted octanol–water partition coefficient (Wildman–Crippen LogP) is 9.08. The van der Waals surface area contributed by atoms with Gasteiger partial charge in [0.1, 0.15) is 5.76 Å². The maximum Gasteiger partial charge on any atom is 0.376 e. The van der Waals surface area contributed by atoms with Crippen LogP contribution in [0.5, 0.6) is 0 Å². The van der Waals surface area contributed by atoms with Crippen LogP contribution in [0.2, 0.25) is 0 Å². The fourth-order valence-corrected chi connectivity index (χ4v) is 8.53. The summed E-state index contributed by atoms with van der Waals surface area (Å²) in [5.41, 5.74) is 0.489. The highest BCUT2D eigenvalue weighted by molar-refractivity contribution is 7.54. The Morgan fingerprint density at radius 3 is 2.05 bits per heavy atom. The van der Waals surface area contributed by atoms with Gasteiger partial charge in [-0.15, -0.1) is 0 Å². The van der Waals surface area contributed by atoms with Crippen LogP contribution in [0.4, 0.5) is 0 Å². The van der Waals surface area contributed by atoms with E-state index in [0.717, 1.165) is 38.5 Å². The minimum absolute atomic E-state index is 0.207. The van der Waals surface area contributed by atoms with Gasteiger partial charge in [-0.25, -0.2) is 4.79 Å². The van der Waals surface area contributed by atoms with Gasteiger partial charge < -0.3 is 18.2 Å². The molecule has 2 fully saturated rings. The predicted molar refractivity (Wildman–Crippen MR) is 161 cm³/mol. The molecule has 0 aromatic carbocycles. The quantitative estimate of drug-likeness (QED) is 0.148. The van der Waals surface area contributed by atoms with E-state index in [0.29, 0.717) is 35.0 Å². The fraction of sp³-hybridized carbons (Fsp3) is 0.636. The van der Waals surface area contributed by atoms with Gasteiger partial charge in [0.15, 0.2) is 0 Å². The lowest BCUT2D eigenvalue weighted by atomic mass is 9.76. The van der Waals surface area contributed by atoms with Crippen LogP contribution < -0.4 is 0 Å². The maximum atomic E-state index is 15.3. The summed E-state index contributed by atoms with van der Waals surface area (Å²) in [4.78, 5) is 17.4. The number of carbonyl (C=O) groups is 1. The molecular formula is C33H48NO6P. The number of aromatic nitrogens is 1. The molecule has 2 saturated carbocycles. The van der Waals surface area contributed by atoms with Crippen molar-refractivity contribution in [2.24, 2.45) is 35.5 Å². The highest BCUT2D eigenvalue weighted by atomic mass is 31.2. The van der Waals surface area contributed by atoms with Crippen molar-refractivity contribution in [3.8, 4) is 0 Å². The van der Waals surface area contributed by atoms with Gasteiger partial charge in [0, 0.05) is 24.0 Å². The number of furan rings is 1. The molecule has 2 aliphatic carbocycles. The van der Waals surface area contributed by atoms with Crippen LogP contribution in [-0.2, 0) is 23.1 Å². The second-order valence-electron chi connectivity index (χ2n) is 12.8. The van der Waals surface area contributed by atoms with Crippen LogP contribution in [0, 0.1) is 35.5 Å². The van der Waals surface area contributed by atoms with Gasteiger partial charge in [-0.2, -0.15) is 0 Å². The molecule has 0 saturated heterocycles. The Balaban J connectivity index is 1.69. The Morgan fingerprint density at radius 2 is 1.56 bits per heavy atom. The average molecular weight is 586 g/mol. The highest BCUT2D eigenvalue weighted by Crippen LogP contribution is 2.65. The fourth-order valence-electron chi connectivity index (χ4n) is 6.16. The van der Waals surface area contributed by atoms with Gasteiger partial charge in [0.25, 0.3) is 0 Å². The monoisotopic (exact) mass is 585 g/mol. The number of hydrogen-bond donors (Lipinski definition) is 0. The lowest BCUT2D eigenvalue weighted by Crippen LogP contribution is -2.35. The van der Waals surface area contributed by atoms with Crippen molar-refractivity contribution in [3.05, 3.63) is 60.3 Å². The SMILES string of the molecule is CC(C)[C@@H]1CC[C@H](C)[C@H](OP(=O)(O[C@@H]2C[C@H](C(C)C)CC[C@@H]2C)[C@@H](OC(=O)/C=C/c2ccco2)c2cccnc2)C1. The van der Waals surface area contributed by atoms with E-state index in [-0.39, 0.29) is 24.0 Å². The molecule has 2 aromatic rings. The number of hydrogen-bond acceptors (Lipinski definition) is 7. The Hall–Kier alpha value is -2.21. The summed E-state index contributed by atoms with van der Waals surface area (Å²) < 4.78 is 39.9. The van der Waals surface area contributed by atoms with Crippen molar-refractivity contribution in [2.45, 2.75) is 98.1 Å². The third kappa shape index (κ3) is 8.43. The number of esters is 1. The molecule has 0 aliphatic heterocycles. The third-order valence-electron chi connectivity index (χ3n) is 9.19. The summed E-state index contributed by atoms with van der Waals surface area (Å²) in [6.45, 7) is 13.2. The van der Waals surface area contributed by atoms with Crippen LogP contribution in [0.3, 0.4) is 0 Å². The van der Waals surface area contributed by atoms with Crippen LogP contribution in [0.25, 0.3) is 6.08 Å². The normalized spacial score (nSPS) is 28.3. The minimum Gasteiger partial charge on any atom is -0.465 e. The van der Waals surface area contributed by atoms with E-state index in [2.05, 4.69) is 46.5 Å². The van der Waals surface area contributed by atoms with Gasteiger partial charge >= 0.3 is 13.6 Å². The minimum atomic E-state index is -4.05. The van der Waals surface area contributed by atoms with Crippen molar-refractivity contribution in [1.82, 2.24) is 4.98 Å². The molecule has 8 heteroatoms. The van der Waals surface area contributed by atoms with Gasteiger partial charge in [0.05, 0.1) is 18.5 Å². The van der Waals surface area contributed by atoms with Gasteiger partial charge in [0.2, 0.25) is 5.85 Å². The number of ether oxygens (including phenoxy) is 1. The van der Waals surface area contributed by atoms with E-state index in [9.17, 15) is 4.79 Å². The lowest BCUT2D eigenvalue weighted by Gasteiger charge is -2.42. The summed E-state index contributed by atoms with van der Waals surface area (Å²) in [6, 6.07) is 6.99. The number of rotatable bonds is 11. The Morgan fingerprint density at radius 1 is 0.951 bits per heavy atom.